The van der Waals surface area contributed by atoms with Gasteiger partial charge in [-0.05, 0) is 36.4 Å². The summed E-state index contributed by atoms with van der Waals surface area (Å²) in [4.78, 5) is 16.0. The zero-order valence-corrected chi connectivity index (χ0v) is 14.4. The van der Waals surface area contributed by atoms with E-state index in [4.69, 9.17) is 18.7 Å². The van der Waals surface area contributed by atoms with Gasteiger partial charge in [0.15, 0.2) is 29.7 Å². The minimum absolute atomic E-state index is 0.0377. The molecule has 27 heavy (non-hydrogen) atoms. The number of methoxy groups -OCH3 is 2. The molecule has 2 aromatic carbocycles. The highest BCUT2D eigenvalue weighted by Gasteiger charge is 2.15. The molecule has 7 nitrogen and oxygen atoms in total. The Bertz CT molecular complexity index is 974. The van der Waals surface area contributed by atoms with Gasteiger partial charge in [-0.1, -0.05) is 5.16 Å². The van der Waals surface area contributed by atoms with Crippen LogP contribution in [0, 0.1) is 11.6 Å². The lowest BCUT2D eigenvalue weighted by molar-refractivity contribution is 0.0429. The molecule has 0 N–H and O–H groups in total. The molecule has 1 aromatic heterocycles. The van der Waals surface area contributed by atoms with E-state index in [0.29, 0.717) is 17.1 Å². The van der Waals surface area contributed by atoms with Gasteiger partial charge in [0.2, 0.25) is 5.82 Å². The number of ether oxygens (including phenoxy) is 3. The maximum atomic E-state index is 13.2. The minimum Gasteiger partial charge on any atom is -0.493 e. The molecule has 0 amide bonds. The van der Waals surface area contributed by atoms with Crippen molar-refractivity contribution < 1.29 is 32.3 Å². The summed E-state index contributed by atoms with van der Waals surface area (Å²) >= 11 is 0. The molecule has 140 valence electrons. The number of rotatable bonds is 6. The molecule has 0 aliphatic rings. The van der Waals surface area contributed by atoms with Crippen LogP contribution in [0.2, 0.25) is 0 Å². The second-order valence-electron chi connectivity index (χ2n) is 5.29. The maximum absolute atomic E-state index is 13.2. The van der Waals surface area contributed by atoms with E-state index in [1.165, 1.54) is 14.2 Å². The molecule has 3 aromatic rings. The highest BCUT2D eigenvalue weighted by molar-refractivity contribution is 5.89. The fourth-order valence-corrected chi connectivity index (χ4v) is 2.24. The maximum Gasteiger partial charge on any atom is 0.338 e. The quantitative estimate of drug-likeness (QED) is 0.610. The van der Waals surface area contributed by atoms with Crippen LogP contribution in [0.15, 0.2) is 40.9 Å². The van der Waals surface area contributed by atoms with Crippen molar-refractivity contribution in [3.8, 4) is 22.9 Å². The predicted molar refractivity (Wildman–Crippen MR) is 88.3 cm³/mol. The number of carbonyl (C=O) groups is 1. The SMILES string of the molecule is COc1ccc(-c2noc(COC(=O)c3ccc(F)c(F)c3)n2)cc1OC. The standard InChI is InChI=1S/C18H14F2N2O5/c1-24-14-6-4-10(8-15(14)25-2)17-21-16(27-22-17)9-26-18(23)11-3-5-12(19)13(20)7-11/h3-8H,9H2,1-2H3. The molecule has 0 saturated carbocycles. The van der Waals surface area contributed by atoms with E-state index in [0.717, 1.165) is 18.2 Å². The number of hydrogen-bond donors (Lipinski definition) is 0. The summed E-state index contributed by atoms with van der Waals surface area (Å²) in [6.07, 6.45) is 0. The number of esters is 1. The van der Waals surface area contributed by atoms with Crippen LogP contribution in [-0.4, -0.2) is 30.3 Å². The van der Waals surface area contributed by atoms with Gasteiger partial charge in [0.05, 0.1) is 19.8 Å². The molecule has 0 unspecified atom stereocenters. The Morgan fingerprint density at radius 1 is 1.04 bits per heavy atom. The Morgan fingerprint density at radius 3 is 2.52 bits per heavy atom. The van der Waals surface area contributed by atoms with Crippen LogP contribution in [0.5, 0.6) is 11.5 Å². The molecule has 3 rings (SSSR count). The lowest BCUT2D eigenvalue weighted by Crippen LogP contribution is -2.06. The van der Waals surface area contributed by atoms with Crippen molar-refractivity contribution in [2.24, 2.45) is 0 Å². The monoisotopic (exact) mass is 376 g/mol. The van der Waals surface area contributed by atoms with Crippen LogP contribution in [0.4, 0.5) is 8.78 Å². The molecule has 0 spiro atoms. The molecule has 0 aliphatic carbocycles. The van der Waals surface area contributed by atoms with Crippen molar-refractivity contribution in [2.45, 2.75) is 6.61 Å². The molecule has 1 heterocycles. The van der Waals surface area contributed by atoms with Crippen LogP contribution in [0.3, 0.4) is 0 Å². The topological polar surface area (TPSA) is 83.7 Å². The lowest BCUT2D eigenvalue weighted by atomic mass is 10.2. The number of benzene rings is 2. The van der Waals surface area contributed by atoms with Crippen molar-refractivity contribution in [1.29, 1.82) is 0 Å². The summed E-state index contributed by atoms with van der Waals surface area (Å²) in [5.41, 5.74) is 0.475. The van der Waals surface area contributed by atoms with E-state index in [1.807, 2.05) is 0 Å². The van der Waals surface area contributed by atoms with Gasteiger partial charge in [-0.25, -0.2) is 13.6 Å². The Labute approximate surface area is 152 Å². The van der Waals surface area contributed by atoms with Gasteiger partial charge in [0.1, 0.15) is 0 Å². The molecule has 0 atom stereocenters. The number of nitrogens with zero attached hydrogens (tertiary/aromatic N) is 2. The Hall–Kier alpha value is -3.49. The summed E-state index contributed by atoms with van der Waals surface area (Å²) in [6.45, 7) is -0.321. The van der Waals surface area contributed by atoms with Gasteiger partial charge in [0, 0.05) is 5.56 Å². The molecular formula is C18H14F2N2O5. The third-order valence-electron chi connectivity index (χ3n) is 3.59. The molecule has 0 radical (unpaired) electrons. The van der Waals surface area contributed by atoms with Crippen LogP contribution < -0.4 is 9.47 Å². The third kappa shape index (κ3) is 4.02. The molecule has 0 fully saturated rings. The van der Waals surface area contributed by atoms with E-state index >= 15 is 0 Å². The Morgan fingerprint density at radius 2 is 1.81 bits per heavy atom. The fourth-order valence-electron chi connectivity index (χ4n) is 2.24. The van der Waals surface area contributed by atoms with E-state index < -0.39 is 17.6 Å². The number of carbonyl (C=O) groups excluding carboxylic acids is 1. The number of aromatic nitrogens is 2. The molecule has 0 saturated heterocycles. The molecular weight excluding hydrogens is 362 g/mol. The Balaban J connectivity index is 1.69. The molecule has 9 heteroatoms. The number of hydrogen-bond acceptors (Lipinski definition) is 7. The van der Waals surface area contributed by atoms with E-state index in [2.05, 4.69) is 10.1 Å². The van der Waals surface area contributed by atoms with Crippen molar-refractivity contribution in [3.63, 3.8) is 0 Å². The summed E-state index contributed by atoms with van der Waals surface area (Å²) < 4.78 is 46.4. The van der Waals surface area contributed by atoms with Gasteiger partial charge in [0.25, 0.3) is 5.89 Å². The predicted octanol–water partition coefficient (Wildman–Crippen LogP) is 3.39. The fraction of sp³-hybridized carbons (Fsp3) is 0.167. The van der Waals surface area contributed by atoms with Crippen LogP contribution in [0.25, 0.3) is 11.4 Å². The van der Waals surface area contributed by atoms with E-state index in [-0.39, 0.29) is 23.9 Å². The largest absolute Gasteiger partial charge is 0.493 e. The normalized spacial score (nSPS) is 10.5. The van der Waals surface area contributed by atoms with Gasteiger partial charge in [-0.3, -0.25) is 0 Å². The van der Waals surface area contributed by atoms with Crippen LogP contribution in [-0.2, 0) is 11.3 Å². The van der Waals surface area contributed by atoms with E-state index in [9.17, 15) is 13.6 Å². The second kappa shape index (κ2) is 7.81. The smallest absolute Gasteiger partial charge is 0.338 e. The second-order valence-corrected chi connectivity index (χ2v) is 5.29. The summed E-state index contributed by atoms with van der Waals surface area (Å²) in [5.74, 6) is -1.71. The first-order valence-electron chi connectivity index (χ1n) is 7.69. The highest BCUT2D eigenvalue weighted by Crippen LogP contribution is 2.31. The van der Waals surface area contributed by atoms with Gasteiger partial charge in [-0.2, -0.15) is 4.98 Å². The zero-order chi connectivity index (χ0) is 19.4. The van der Waals surface area contributed by atoms with Crippen molar-refractivity contribution in [1.82, 2.24) is 10.1 Å². The first-order chi connectivity index (χ1) is 13.0. The Kier molecular flexibility index (Phi) is 5.30. The summed E-state index contributed by atoms with van der Waals surface area (Å²) in [5, 5.41) is 3.81. The highest BCUT2D eigenvalue weighted by atomic mass is 19.2. The van der Waals surface area contributed by atoms with Crippen molar-refractivity contribution >= 4 is 5.97 Å². The van der Waals surface area contributed by atoms with E-state index in [1.54, 1.807) is 18.2 Å². The van der Waals surface area contributed by atoms with Gasteiger partial charge < -0.3 is 18.7 Å². The van der Waals surface area contributed by atoms with Gasteiger partial charge in [-0.15, -0.1) is 0 Å². The minimum atomic E-state index is -1.14. The zero-order valence-electron chi connectivity index (χ0n) is 14.4. The summed E-state index contributed by atoms with van der Waals surface area (Å²) in [7, 11) is 3.02. The average Bonchev–Trinajstić information content (AvgIpc) is 3.16. The average molecular weight is 376 g/mol. The third-order valence-corrected chi connectivity index (χ3v) is 3.59. The molecule has 0 bridgehead atoms. The van der Waals surface area contributed by atoms with Crippen molar-refractivity contribution in [2.75, 3.05) is 14.2 Å². The van der Waals surface area contributed by atoms with Crippen LogP contribution in [0.1, 0.15) is 16.2 Å². The van der Waals surface area contributed by atoms with Gasteiger partial charge >= 0.3 is 5.97 Å². The van der Waals surface area contributed by atoms with Crippen molar-refractivity contribution in [3.05, 3.63) is 59.5 Å². The first kappa shape index (κ1) is 18.3. The van der Waals surface area contributed by atoms with Crippen LogP contribution >= 0.6 is 0 Å². The summed E-state index contributed by atoms with van der Waals surface area (Å²) in [6, 6.07) is 7.77. The first-order valence-corrected chi connectivity index (χ1v) is 7.69. The number of halogens is 2. The lowest BCUT2D eigenvalue weighted by Gasteiger charge is -2.07. The molecule has 0 aliphatic heterocycles.